The largest absolute Gasteiger partial charge is 0.496 e. The maximum Gasteiger partial charge on any atom is 0.288 e. The quantitative estimate of drug-likeness (QED) is 0.483. The minimum Gasteiger partial charge on any atom is -0.496 e. The molecule has 1 aliphatic rings. The van der Waals surface area contributed by atoms with Crippen LogP contribution in [0.5, 0.6) is 5.75 Å². The molecule has 2 aromatic heterocycles. The van der Waals surface area contributed by atoms with Crippen molar-refractivity contribution in [1.29, 1.82) is 0 Å². The van der Waals surface area contributed by atoms with Crippen LogP contribution in [-0.4, -0.2) is 83.5 Å². The molecule has 0 atom stereocenters. The van der Waals surface area contributed by atoms with Crippen LogP contribution in [0.1, 0.15) is 5.56 Å². The Kier molecular flexibility index (Phi) is 7.47. The SMILES string of the molecule is [C-]#[N+]c1cnc(Nc2cc(-c3ccc(CN(C)CCN4CCOCC4)cc3OC)[nH]n2)cn1. The third-order valence-electron chi connectivity index (χ3n) is 5.50. The highest BCUT2D eigenvalue weighted by molar-refractivity contribution is 5.71. The molecule has 3 aromatic rings. The van der Waals surface area contributed by atoms with Gasteiger partial charge in [0.2, 0.25) is 0 Å². The molecule has 4 rings (SSSR count). The summed E-state index contributed by atoms with van der Waals surface area (Å²) in [6.07, 6.45) is 2.93. The number of benzene rings is 1. The zero-order chi connectivity index (χ0) is 23.0. The van der Waals surface area contributed by atoms with Crippen LogP contribution in [0.3, 0.4) is 0 Å². The molecular formula is C23H28N8O2. The summed E-state index contributed by atoms with van der Waals surface area (Å²) in [6.45, 7) is 13.5. The van der Waals surface area contributed by atoms with Crippen LogP contribution >= 0.6 is 0 Å². The molecule has 172 valence electrons. The van der Waals surface area contributed by atoms with Crippen molar-refractivity contribution >= 4 is 17.5 Å². The molecule has 10 nitrogen and oxygen atoms in total. The number of likely N-dealkylation sites (N-methyl/N-ethyl adjacent to an activating group) is 1. The van der Waals surface area contributed by atoms with Gasteiger partial charge in [-0.1, -0.05) is 12.6 Å². The van der Waals surface area contributed by atoms with Gasteiger partial charge in [0.15, 0.2) is 17.8 Å². The van der Waals surface area contributed by atoms with Crippen molar-refractivity contribution < 1.29 is 9.47 Å². The Morgan fingerprint density at radius 3 is 2.79 bits per heavy atom. The van der Waals surface area contributed by atoms with E-state index >= 15 is 0 Å². The molecule has 1 saturated heterocycles. The molecule has 0 bridgehead atoms. The predicted octanol–water partition coefficient (Wildman–Crippen LogP) is 2.93. The molecule has 3 heterocycles. The molecule has 0 unspecified atom stereocenters. The van der Waals surface area contributed by atoms with E-state index in [4.69, 9.17) is 16.0 Å². The maximum absolute atomic E-state index is 6.95. The highest BCUT2D eigenvalue weighted by Gasteiger charge is 2.14. The Bertz CT molecular complexity index is 1090. The molecule has 1 aliphatic heterocycles. The smallest absolute Gasteiger partial charge is 0.288 e. The van der Waals surface area contributed by atoms with Gasteiger partial charge in [-0.05, 0) is 24.7 Å². The van der Waals surface area contributed by atoms with Crippen LogP contribution in [0.4, 0.5) is 17.5 Å². The lowest BCUT2D eigenvalue weighted by molar-refractivity contribution is 0.0342. The number of aromatic nitrogens is 4. The normalized spacial score (nSPS) is 14.2. The molecule has 0 radical (unpaired) electrons. The van der Waals surface area contributed by atoms with Crippen molar-refractivity contribution in [2.45, 2.75) is 6.54 Å². The molecule has 1 aromatic carbocycles. The van der Waals surface area contributed by atoms with Gasteiger partial charge in [0.1, 0.15) is 5.75 Å². The van der Waals surface area contributed by atoms with Crippen LogP contribution in [0.25, 0.3) is 16.1 Å². The molecule has 33 heavy (non-hydrogen) atoms. The van der Waals surface area contributed by atoms with Crippen molar-refractivity contribution in [2.24, 2.45) is 0 Å². The van der Waals surface area contributed by atoms with E-state index in [0.29, 0.717) is 11.6 Å². The van der Waals surface area contributed by atoms with Crippen LogP contribution in [0, 0.1) is 6.57 Å². The van der Waals surface area contributed by atoms with Gasteiger partial charge in [0.25, 0.3) is 5.82 Å². The lowest BCUT2D eigenvalue weighted by atomic mass is 10.1. The lowest BCUT2D eigenvalue weighted by Crippen LogP contribution is -2.40. The summed E-state index contributed by atoms with van der Waals surface area (Å²) in [6, 6.07) is 8.12. The molecule has 1 fully saturated rings. The monoisotopic (exact) mass is 448 g/mol. The number of morpholine rings is 1. The van der Waals surface area contributed by atoms with E-state index in [9.17, 15) is 0 Å². The Labute approximate surface area is 193 Å². The highest BCUT2D eigenvalue weighted by Crippen LogP contribution is 2.31. The van der Waals surface area contributed by atoms with E-state index in [0.717, 1.165) is 62.9 Å². The number of aromatic amines is 1. The summed E-state index contributed by atoms with van der Waals surface area (Å²) in [4.78, 5) is 16.2. The van der Waals surface area contributed by atoms with Crippen LogP contribution in [0.2, 0.25) is 0 Å². The molecule has 0 amide bonds. The summed E-state index contributed by atoms with van der Waals surface area (Å²) in [5.41, 5.74) is 2.94. The number of nitrogens with one attached hydrogen (secondary N) is 2. The van der Waals surface area contributed by atoms with Crippen LogP contribution < -0.4 is 10.1 Å². The van der Waals surface area contributed by atoms with Gasteiger partial charge >= 0.3 is 0 Å². The fourth-order valence-corrected chi connectivity index (χ4v) is 3.68. The Hall–Kier alpha value is -3.52. The second-order valence-electron chi connectivity index (χ2n) is 7.89. The van der Waals surface area contributed by atoms with Gasteiger partial charge in [0.05, 0.1) is 32.2 Å². The van der Waals surface area contributed by atoms with Gasteiger partial charge in [-0.25, -0.2) is 4.98 Å². The standard InChI is InChI=1S/C23H28N8O2/c1-24-22-14-26-23(15-25-22)27-21-13-19(28-29-21)18-5-4-17(12-20(18)32-3)16-30(2)6-7-31-8-10-33-11-9-31/h4-5,12-15H,6-11,16H2,2-3H3,(H2,26,27,28,29). The number of anilines is 2. The van der Waals surface area contributed by atoms with Crippen molar-refractivity contribution in [3.8, 4) is 17.0 Å². The molecule has 0 saturated carbocycles. The van der Waals surface area contributed by atoms with E-state index in [1.54, 1.807) is 7.11 Å². The van der Waals surface area contributed by atoms with Gasteiger partial charge in [-0.2, -0.15) is 5.10 Å². The van der Waals surface area contributed by atoms with Gasteiger partial charge in [-0.3, -0.25) is 10.00 Å². The van der Waals surface area contributed by atoms with Crippen molar-refractivity contribution in [3.05, 3.63) is 53.6 Å². The number of hydrogen-bond acceptors (Lipinski definition) is 8. The lowest BCUT2D eigenvalue weighted by Gasteiger charge is -2.28. The average molecular weight is 449 g/mol. The fourth-order valence-electron chi connectivity index (χ4n) is 3.68. The highest BCUT2D eigenvalue weighted by atomic mass is 16.5. The number of methoxy groups -OCH3 is 1. The molecule has 10 heteroatoms. The number of H-pyrrole nitrogens is 1. The number of rotatable bonds is 9. The zero-order valence-electron chi connectivity index (χ0n) is 18.9. The maximum atomic E-state index is 6.95. The first-order valence-electron chi connectivity index (χ1n) is 10.8. The molecule has 2 N–H and O–H groups in total. The number of ether oxygens (including phenoxy) is 2. The van der Waals surface area contributed by atoms with E-state index in [2.05, 4.69) is 59.3 Å². The minimum absolute atomic E-state index is 0.250. The first-order chi connectivity index (χ1) is 16.1. The van der Waals surface area contributed by atoms with Crippen molar-refractivity contribution in [1.82, 2.24) is 30.0 Å². The third-order valence-corrected chi connectivity index (χ3v) is 5.50. The summed E-state index contributed by atoms with van der Waals surface area (Å²) < 4.78 is 11.1. The summed E-state index contributed by atoms with van der Waals surface area (Å²) in [5.74, 6) is 2.15. The average Bonchev–Trinajstić information content (AvgIpc) is 3.32. The Balaban J connectivity index is 1.38. The summed E-state index contributed by atoms with van der Waals surface area (Å²) in [5, 5.41) is 10.4. The topological polar surface area (TPSA) is 95.8 Å². The molecule has 0 spiro atoms. The van der Waals surface area contributed by atoms with E-state index in [1.165, 1.54) is 18.0 Å². The zero-order valence-corrected chi connectivity index (χ0v) is 18.9. The van der Waals surface area contributed by atoms with E-state index < -0.39 is 0 Å². The first kappa shape index (κ1) is 22.7. The second kappa shape index (κ2) is 10.9. The van der Waals surface area contributed by atoms with Crippen molar-refractivity contribution in [2.75, 3.05) is 58.9 Å². The number of nitrogens with zero attached hydrogens (tertiary/aromatic N) is 6. The van der Waals surface area contributed by atoms with E-state index in [1.807, 2.05) is 12.1 Å². The molecule has 0 aliphatic carbocycles. The van der Waals surface area contributed by atoms with Crippen LogP contribution in [0.15, 0.2) is 36.7 Å². The summed E-state index contributed by atoms with van der Waals surface area (Å²) >= 11 is 0. The van der Waals surface area contributed by atoms with E-state index in [-0.39, 0.29) is 5.82 Å². The van der Waals surface area contributed by atoms with Gasteiger partial charge in [-0.15, -0.1) is 4.98 Å². The second-order valence-corrected chi connectivity index (χ2v) is 7.89. The Morgan fingerprint density at radius 2 is 2.06 bits per heavy atom. The fraction of sp³-hybridized carbons (Fsp3) is 0.391. The van der Waals surface area contributed by atoms with Crippen molar-refractivity contribution in [3.63, 3.8) is 0 Å². The third kappa shape index (κ3) is 6.04. The first-order valence-corrected chi connectivity index (χ1v) is 10.8. The predicted molar refractivity (Wildman–Crippen MR) is 126 cm³/mol. The minimum atomic E-state index is 0.250. The van der Waals surface area contributed by atoms with Gasteiger partial charge < -0.3 is 24.5 Å². The van der Waals surface area contributed by atoms with Gasteiger partial charge in [0, 0.05) is 44.4 Å². The molecular weight excluding hydrogens is 420 g/mol. The summed E-state index contributed by atoms with van der Waals surface area (Å²) in [7, 11) is 3.82. The number of hydrogen-bond donors (Lipinski definition) is 2. The van der Waals surface area contributed by atoms with Crippen LogP contribution in [-0.2, 0) is 11.3 Å². The Morgan fingerprint density at radius 1 is 1.21 bits per heavy atom.